The van der Waals surface area contributed by atoms with Gasteiger partial charge in [-0.15, -0.1) is 0 Å². The number of rotatable bonds is 4. The van der Waals surface area contributed by atoms with Gasteiger partial charge in [0.2, 0.25) is 11.9 Å². The van der Waals surface area contributed by atoms with E-state index in [0.29, 0.717) is 0 Å². The quantitative estimate of drug-likeness (QED) is 0.166. The van der Waals surface area contributed by atoms with Crippen LogP contribution in [0.15, 0.2) is 29.2 Å². The van der Waals surface area contributed by atoms with Crippen LogP contribution in [0.2, 0.25) is 0 Å². The molecule has 2 spiro atoms. The maximum absolute atomic E-state index is 14.0. The SMILES string of the molecule is CNC(=O)c1ccc(S(=O)(=O)O[C@H]2C3OC(=O)[C@]45OC6OC(=O)[C@H](O)C6([C@@H]2C(C)(C)C)C34[C@@H](O)[C@@H]2OC(=O)[C@@H](C)[C@@]25O)cc1. The lowest BCUT2D eigenvalue weighted by atomic mass is 9.51. The Labute approximate surface area is 250 Å². The fourth-order valence-electron chi connectivity index (χ4n) is 9.45. The van der Waals surface area contributed by atoms with Crippen LogP contribution >= 0.6 is 0 Å². The lowest BCUT2D eigenvalue weighted by Gasteiger charge is -2.47. The first-order valence-corrected chi connectivity index (χ1v) is 15.4. The molecule has 7 rings (SSSR count). The van der Waals surface area contributed by atoms with Gasteiger partial charge in [0, 0.05) is 18.5 Å². The molecule has 238 valence electrons. The van der Waals surface area contributed by atoms with Gasteiger partial charge in [0.05, 0.1) is 21.6 Å². The molecule has 4 unspecified atom stereocenters. The van der Waals surface area contributed by atoms with Gasteiger partial charge in [0.15, 0.2) is 17.8 Å². The number of esters is 3. The molecule has 1 amide bonds. The summed E-state index contributed by atoms with van der Waals surface area (Å²) in [5.74, 6) is -6.54. The van der Waals surface area contributed by atoms with Crippen LogP contribution in [0.1, 0.15) is 38.1 Å². The summed E-state index contributed by atoms with van der Waals surface area (Å²) in [6.07, 6.45) is -11.1. The smallest absolute Gasteiger partial charge is 0.343 e. The molecule has 4 N–H and O–H groups in total. The van der Waals surface area contributed by atoms with Crippen molar-refractivity contribution in [3.63, 3.8) is 0 Å². The normalized spacial score (nSPS) is 46.6. The molecule has 4 heterocycles. The van der Waals surface area contributed by atoms with Gasteiger partial charge in [0.25, 0.3) is 16.0 Å². The van der Waals surface area contributed by atoms with Gasteiger partial charge in [-0.25, -0.2) is 9.59 Å². The molecule has 6 aliphatic rings. The van der Waals surface area contributed by atoms with Crippen molar-refractivity contribution in [3.05, 3.63) is 29.8 Å². The summed E-state index contributed by atoms with van der Waals surface area (Å²) >= 11 is 0. The molecule has 16 heteroatoms. The van der Waals surface area contributed by atoms with Gasteiger partial charge in [-0.2, -0.15) is 8.42 Å². The third-order valence-electron chi connectivity index (χ3n) is 10.8. The molecule has 0 radical (unpaired) electrons. The Morgan fingerprint density at radius 2 is 1.64 bits per heavy atom. The highest BCUT2D eigenvalue weighted by molar-refractivity contribution is 7.86. The van der Waals surface area contributed by atoms with Crippen LogP contribution in [-0.4, -0.2) is 103 Å². The number of ether oxygens (including phenoxy) is 4. The Morgan fingerprint density at radius 3 is 2.23 bits per heavy atom. The zero-order chi connectivity index (χ0) is 32.2. The molecule has 0 aromatic heterocycles. The van der Waals surface area contributed by atoms with E-state index in [2.05, 4.69) is 5.32 Å². The first-order chi connectivity index (χ1) is 20.4. The van der Waals surface area contributed by atoms with Crippen molar-refractivity contribution in [3.8, 4) is 0 Å². The van der Waals surface area contributed by atoms with E-state index >= 15 is 0 Å². The lowest BCUT2D eigenvalue weighted by molar-refractivity contribution is -0.240. The molecule has 4 saturated heterocycles. The molecular formula is C28H31NO14S. The minimum Gasteiger partial charge on any atom is -0.456 e. The predicted molar refractivity (Wildman–Crippen MR) is 139 cm³/mol. The highest BCUT2D eigenvalue weighted by atomic mass is 32.2. The predicted octanol–water partition coefficient (Wildman–Crippen LogP) is -1.63. The molecule has 1 aromatic carbocycles. The summed E-state index contributed by atoms with van der Waals surface area (Å²) in [7, 11) is -3.32. The number of aliphatic hydroxyl groups is 3. The second-order valence-corrected chi connectivity index (χ2v) is 15.0. The first-order valence-electron chi connectivity index (χ1n) is 14.0. The second-order valence-electron chi connectivity index (χ2n) is 13.4. The van der Waals surface area contributed by atoms with E-state index < -0.39 is 110 Å². The van der Waals surface area contributed by atoms with Crippen LogP contribution < -0.4 is 5.32 Å². The molecule has 2 saturated carbocycles. The third kappa shape index (κ3) is 2.77. The number of benzene rings is 1. The van der Waals surface area contributed by atoms with E-state index in [1.54, 1.807) is 20.8 Å². The van der Waals surface area contributed by atoms with Crippen molar-refractivity contribution >= 4 is 33.9 Å². The lowest BCUT2D eigenvalue weighted by Crippen LogP contribution is -2.67. The molecule has 15 nitrogen and oxygen atoms in total. The maximum Gasteiger partial charge on any atom is 0.343 e. The topological polar surface area (TPSA) is 221 Å². The van der Waals surface area contributed by atoms with Gasteiger partial charge in [-0.3, -0.25) is 13.8 Å². The number of hydrogen-bond acceptors (Lipinski definition) is 14. The molecule has 44 heavy (non-hydrogen) atoms. The fourth-order valence-corrected chi connectivity index (χ4v) is 10.5. The van der Waals surface area contributed by atoms with Crippen LogP contribution in [0.5, 0.6) is 0 Å². The monoisotopic (exact) mass is 637 g/mol. The zero-order valence-corrected chi connectivity index (χ0v) is 25.0. The highest BCUT2D eigenvalue weighted by Gasteiger charge is 3.05. The highest BCUT2D eigenvalue weighted by Crippen LogP contribution is 2.84. The Bertz CT molecular complexity index is 1640. The summed E-state index contributed by atoms with van der Waals surface area (Å²) in [6.45, 7) is 6.27. The second kappa shape index (κ2) is 8.35. The minimum atomic E-state index is -4.73. The number of nitrogens with one attached hydrogen (secondary N) is 1. The van der Waals surface area contributed by atoms with E-state index in [9.17, 15) is 42.9 Å². The summed E-state index contributed by atoms with van der Waals surface area (Å²) in [5, 5.41) is 38.5. The van der Waals surface area contributed by atoms with Crippen molar-refractivity contribution in [1.82, 2.24) is 5.32 Å². The molecule has 6 fully saturated rings. The van der Waals surface area contributed by atoms with Crippen molar-refractivity contribution in [2.45, 2.75) is 80.6 Å². The first kappa shape index (κ1) is 29.6. The Balaban J connectivity index is 1.46. The van der Waals surface area contributed by atoms with E-state index in [0.717, 1.165) is 12.1 Å². The third-order valence-corrected chi connectivity index (χ3v) is 12.1. The van der Waals surface area contributed by atoms with Crippen LogP contribution in [0, 0.1) is 28.1 Å². The van der Waals surface area contributed by atoms with Crippen LogP contribution in [0.4, 0.5) is 0 Å². The number of amides is 1. The molecule has 4 aliphatic heterocycles. The maximum atomic E-state index is 14.0. The summed E-state index contributed by atoms with van der Waals surface area (Å²) in [5.41, 5.74) is -10.5. The Morgan fingerprint density at radius 1 is 1.00 bits per heavy atom. The fraction of sp³-hybridized carbons (Fsp3) is 0.643. The van der Waals surface area contributed by atoms with Crippen molar-refractivity contribution < 1.29 is 66.0 Å². The van der Waals surface area contributed by atoms with Gasteiger partial charge in [-0.05, 0) is 36.6 Å². The molecule has 2 aliphatic carbocycles. The number of aliphatic hydroxyl groups excluding tert-OH is 2. The standard InChI is InChI=1S/C28H31NO14S/c1-10-20(33)39-18-15(30)26-17-13(43-44(37,38)12-8-6-11(7-9-12)19(32)29-5)14(24(2,3)4)25(26)16(31)21(34)41-23(25)42-28(26,22(35)40-17)27(10,18)36/h6-10,13-18,23,30-31,36H,1-5H3,(H,29,32)/t10-,13-,14+,15+,16+,17?,18+,23?,25?,26?,27-,28+/m1/s1. The van der Waals surface area contributed by atoms with Crippen LogP contribution in [0.25, 0.3) is 0 Å². The minimum absolute atomic E-state index is 0.170. The summed E-state index contributed by atoms with van der Waals surface area (Å²) in [6, 6.07) is 4.82. The van der Waals surface area contributed by atoms with E-state index in [-0.39, 0.29) is 10.5 Å². The summed E-state index contributed by atoms with van der Waals surface area (Å²) in [4.78, 5) is 51.4. The summed E-state index contributed by atoms with van der Waals surface area (Å²) < 4.78 is 56.3. The zero-order valence-electron chi connectivity index (χ0n) is 24.2. The van der Waals surface area contributed by atoms with Crippen molar-refractivity contribution in [2.24, 2.45) is 28.1 Å². The number of fused-ring (bicyclic) bond motifs is 1. The Kier molecular flexibility index (Phi) is 5.61. The number of hydrogen-bond donors (Lipinski definition) is 4. The number of carbonyl (C=O) groups excluding carboxylic acids is 4. The van der Waals surface area contributed by atoms with E-state index in [4.69, 9.17) is 23.1 Å². The van der Waals surface area contributed by atoms with Gasteiger partial charge in [-0.1, -0.05) is 20.8 Å². The van der Waals surface area contributed by atoms with Gasteiger partial charge >= 0.3 is 17.9 Å². The van der Waals surface area contributed by atoms with Gasteiger partial charge in [0.1, 0.15) is 18.3 Å². The van der Waals surface area contributed by atoms with E-state index in [1.807, 2.05) is 0 Å². The van der Waals surface area contributed by atoms with E-state index in [1.165, 1.54) is 26.1 Å². The average molecular weight is 638 g/mol. The van der Waals surface area contributed by atoms with Gasteiger partial charge < -0.3 is 39.6 Å². The Hall–Kier alpha value is -3.15. The molecular weight excluding hydrogens is 606 g/mol. The van der Waals surface area contributed by atoms with Crippen LogP contribution in [-0.2, 0) is 47.6 Å². The van der Waals surface area contributed by atoms with Crippen molar-refractivity contribution in [2.75, 3.05) is 7.05 Å². The van der Waals surface area contributed by atoms with Crippen LogP contribution in [0.3, 0.4) is 0 Å². The average Bonchev–Trinajstić information content (AvgIpc) is 3.66. The molecule has 0 bridgehead atoms. The largest absolute Gasteiger partial charge is 0.456 e. The molecule has 1 aromatic rings. The number of carbonyl (C=O) groups is 4. The van der Waals surface area contributed by atoms with Crippen molar-refractivity contribution in [1.29, 1.82) is 0 Å². The molecule has 12 atom stereocenters.